The third-order valence-corrected chi connectivity index (χ3v) is 3.58. The zero-order valence-corrected chi connectivity index (χ0v) is 12.1. The number of nitrogens with one attached hydrogen (secondary N) is 1. The van der Waals surface area contributed by atoms with Crippen LogP contribution in [0.5, 0.6) is 0 Å². The van der Waals surface area contributed by atoms with Gasteiger partial charge in [-0.15, -0.1) is 11.8 Å². The summed E-state index contributed by atoms with van der Waals surface area (Å²) in [5, 5.41) is 20.2. The number of hydrogen-bond donors (Lipinski definition) is 2. The molecular formula is C14H16N2O3S. The molecular weight excluding hydrogens is 276 g/mol. The Labute approximate surface area is 122 Å². The van der Waals surface area contributed by atoms with Gasteiger partial charge in [0.1, 0.15) is 6.04 Å². The van der Waals surface area contributed by atoms with Crippen molar-refractivity contribution in [1.29, 1.82) is 5.26 Å². The summed E-state index contributed by atoms with van der Waals surface area (Å²) in [6, 6.07) is 7.90. The Morgan fingerprint density at radius 3 is 2.60 bits per heavy atom. The first-order valence-corrected chi connectivity index (χ1v) is 7.08. The maximum absolute atomic E-state index is 12.2. The van der Waals surface area contributed by atoms with Crippen molar-refractivity contribution in [2.75, 3.05) is 5.75 Å². The first-order chi connectivity index (χ1) is 9.47. The van der Waals surface area contributed by atoms with Crippen LogP contribution >= 0.6 is 11.8 Å². The average molecular weight is 292 g/mol. The van der Waals surface area contributed by atoms with Gasteiger partial charge in [0.25, 0.3) is 5.91 Å². The van der Waals surface area contributed by atoms with Gasteiger partial charge in [-0.1, -0.05) is 26.0 Å². The zero-order valence-electron chi connectivity index (χ0n) is 11.3. The molecule has 106 valence electrons. The molecule has 0 saturated carbocycles. The SMILES string of the molecule is CC(C)[C@@H](NC(=O)c1ccccc1SCC#N)C(=O)O. The second-order valence-electron chi connectivity index (χ2n) is 4.48. The fourth-order valence-corrected chi connectivity index (χ4v) is 2.33. The molecule has 0 fully saturated rings. The Morgan fingerprint density at radius 2 is 2.05 bits per heavy atom. The number of amides is 1. The average Bonchev–Trinajstić information content (AvgIpc) is 2.41. The highest BCUT2D eigenvalue weighted by atomic mass is 32.2. The molecule has 0 spiro atoms. The Bertz CT molecular complexity index is 537. The predicted molar refractivity (Wildman–Crippen MR) is 76.5 cm³/mol. The van der Waals surface area contributed by atoms with E-state index >= 15 is 0 Å². The standard InChI is InChI=1S/C14H16N2O3S/c1-9(2)12(14(18)19)16-13(17)10-5-3-4-6-11(10)20-8-7-15/h3-6,9,12H,8H2,1-2H3,(H,16,17)(H,18,19)/t12-/m1/s1. The fraction of sp³-hybridized carbons (Fsp3) is 0.357. The number of carbonyl (C=O) groups is 2. The second-order valence-corrected chi connectivity index (χ2v) is 5.49. The van der Waals surface area contributed by atoms with E-state index in [-0.39, 0.29) is 11.7 Å². The van der Waals surface area contributed by atoms with Crippen LogP contribution in [0.4, 0.5) is 0 Å². The Kier molecular flexibility index (Phi) is 6.07. The number of carboxylic acid groups (broad SMARTS) is 1. The zero-order chi connectivity index (χ0) is 15.1. The number of benzene rings is 1. The topological polar surface area (TPSA) is 90.2 Å². The van der Waals surface area contributed by atoms with Gasteiger partial charge in [0, 0.05) is 4.90 Å². The predicted octanol–water partition coefficient (Wildman–Crippen LogP) is 2.14. The molecule has 1 rings (SSSR count). The maximum Gasteiger partial charge on any atom is 0.326 e. The van der Waals surface area contributed by atoms with Crippen molar-refractivity contribution in [2.24, 2.45) is 5.92 Å². The molecule has 0 bridgehead atoms. The first kappa shape index (κ1) is 16.1. The minimum Gasteiger partial charge on any atom is -0.480 e. The first-order valence-electron chi connectivity index (χ1n) is 6.09. The van der Waals surface area contributed by atoms with Gasteiger partial charge in [0.2, 0.25) is 0 Å². The molecule has 0 saturated heterocycles. The van der Waals surface area contributed by atoms with Crippen LogP contribution in [0.1, 0.15) is 24.2 Å². The van der Waals surface area contributed by atoms with Crippen LogP contribution in [0.3, 0.4) is 0 Å². The largest absolute Gasteiger partial charge is 0.480 e. The lowest BCUT2D eigenvalue weighted by Gasteiger charge is -2.18. The molecule has 1 atom stereocenters. The normalized spacial score (nSPS) is 11.7. The second kappa shape index (κ2) is 7.56. The third-order valence-electron chi connectivity index (χ3n) is 2.64. The van der Waals surface area contributed by atoms with Gasteiger partial charge in [0.05, 0.1) is 17.4 Å². The summed E-state index contributed by atoms with van der Waals surface area (Å²) in [6.07, 6.45) is 0. The minimum atomic E-state index is -1.06. The number of nitriles is 1. The van der Waals surface area contributed by atoms with Crippen molar-refractivity contribution in [3.05, 3.63) is 29.8 Å². The number of carbonyl (C=O) groups excluding carboxylic acids is 1. The molecule has 0 aromatic heterocycles. The molecule has 2 N–H and O–H groups in total. The van der Waals surface area contributed by atoms with Gasteiger partial charge < -0.3 is 10.4 Å². The molecule has 0 heterocycles. The lowest BCUT2D eigenvalue weighted by atomic mass is 10.0. The molecule has 20 heavy (non-hydrogen) atoms. The van der Waals surface area contributed by atoms with Gasteiger partial charge in [-0.2, -0.15) is 5.26 Å². The van der Waals surface area contributed by atoms with E-state index in [1.807, 2.05) is 6.07 Å². The van der Waals surface area contributed by atoms with E-state index in [4.69, 9.17) is 10.4 Å². The summed E-state index contributed by atoms with van der Waals surface area (Å²) in [5.74, 6) is -1.48. The van der Waals surface area contributed by atoms with E-state index < -0.39 is 17.9 Å². The number of aliphatic carboxylic acids is 1. The molecule has 1 aromatic carbocycles. The van der Waals surface area contributed by atoms with Gasteiger partial charge in [-0.25, -0.2) is 4.79 Å². The molecule has 0 aliphatic rings. The quantitative estimate of drug-likeness (QED) is 0.784. The van der Waals surface area contributed by atoms with Crippen LogP contribution in [0.25, 0.3) is 0 Å². The van der Waals surface area contributed by atoms with Crippen molar-refractivity contribution in [3.63, 3.8) is 0 Å². The number of hydrogen-bond acceptors (Lipinski definition) is 4. The Balaban J connectivity index is 2.92. The third kappa shape index (κ3) is 4.28. The van der Waals surface area contributed by atoms with E-state index in [0.717, 1.165) is 0 Å². The van der Waals surface area contributed by atoms with Crippen LogP contribution in [0.15, 0.2) is 29.2 Å². The van der Waals surface area contributed by atoms with E-state index in [2.05, 4.69) is 5.32 Å². The molecule has 0 aliphatic heterocycles. The molecule has 5 nitrogen and oxygen atoms in total. The van der Waals surface area contributed by atoms with E-state index in [1.54, 1.807) is 38.1 Å². The molecule has 0 radical (unpaired) electrons. The number of nitrogens with zero attached hydrogens (tertiary/aromatic N) is 1. The molecule has 0 aliphatic carbocycles. The highest BCUT2D eigenvalue weighted by Crippen LogP contribution is 2.22. The fourth-order valence-electron chi connectivity index (χ4n) is 1.62. The van der Waals surface area contributed by atoms with Gasteiger partial charge in [-0.05, 0) is 18.1 Å². The van der Waals surface area contributed by atoms with Crippen LogP contribution in [0.2, 0.25) is 0 Å². The van der Waals surface area contributed by atoms with Gasteiger partial charge >= 0.3 is 5.97 Å². The molecule has 6 heteroatoms. The van der Waals surface area contributed by atoms with Crippen molar-refractivity contribution in [1.82, 2.24) is 5.32 Å². The number of rotatable bonds is 6. The highest BCUT2D eigenvalue weighted by molar-refractivity contribution is 7.99. The van der Waals surface area contributed by atoms with Crippen LogP contribution in [0, 0.1) is 17.2 Å². The van der Waals surface area contributed by atoms with Crippen LogP contribution < -0.4 is 5.32 Å². The summed E-state index contributed by atoms with van der Waals surface area (Å²) in [7, 11) is 0. The lowest BCUT2D eigenvalue weighted by Crippen LogP contribution is -2.44. The summed E-state index contributed by atoms with van der Waals surface area (Å²) in [4.78, 5) is 23.9. The van der Waals surface area contributed by atoms with E-state index in [1.165, 1.54) is 11.8 Å². The lowest BCUT2D eigenvalue weighted by molar-refractivity contribution is -0.140. The van der Waals surface area contributed by atoms with Crippen molar-refractivity contribution < 1.29 is 14.7 Å². The smallest absolute Gasteiger partial charge is 0.326 e. The Morgan fingerprint density at radius 1 is 1.40 bits per heavy atom. The summed E-state index contributed by atoms with van der Waals surface area (Å²) < 4.78 is 0. The summed E-state index contributed by atoms with van der Waals surface area (Å²) >= 11 is 1.25. The van der Waals surface area contributed by atoms with Crippen LogP contribution in [-0.2, 0) is 4.79 Å². The Hall–Kier alpha value is -2.00. The highest BCUT2D eigenvalue weighted by Gasteiger charge is 2.24. The number of thioether (sulfide) groups is 1. The molecule has 1 amide bonds. The maximum atomic E-state index is 12.2. The van der Waals surface area contributed by atoms with Gasteiger partial charge in [-0.3, -0.25) is 4.79 Å². The minimum absolute atomic E-state index is 0.213. The van der Waals surface area contributed by atoms with Crippen molar-refractivity contribution in [2.45, 2.75) is 24.8 Å². The molecule has 1 aromatic rings. The number of carboxylic acids is 1. The summed E-state index contributed by atoms with van der Waals surface area (Å²) in [6.45, 7) is 3.46. The van der Waals surface area contributed by atoms with E-state index in [9.17, 15) is 9.59 Å². The van der Waals surface area contributed by atoms with Gasteiger partial charge in [0.15, 0.2) is 0 Å². The summed E-state index contributed by atoms with van der Waals surface area (Å²) in [5.41, 5.74) is 0.389. The van der Waals surface area contributed by atoms with Crippen molar-refractivity contribution >= 4 is 23.6 Å². The van der Waals surface area contributed by atoms with Crippen molar-refractivity contribution in [3.8, 4) is 6.07 Å². The van der Waals surface area contributed by atoms with Crippen LogP contribution in [-0.4, -0.2) is 28.8 Å². The monoisotopic (exact) mass is 292 g/mol. The van der Waals surface area contributed by atoms with E-state index in [0.29, 0.717) is 10.5 Å². The molecule has 0 unspecified atom stereocenters.